The van der Waals surface area contributed by atoms with Crippen LogP contribution in [-0.4, -0.2) is 5.91 Å². The average molecular weight is 393 g/mol. The Balaban J connectivity index is 2.26. The fourth-order valence-electron chi connectivity index (χ4n) is 1.87. The van der Waals surface area contributed by atoms with Crippen molar-refractivity contribution in [2.24, 2.45) is 5.73 Å². The summed E-state index contributed by atoms with van der Waals surface area (Å²) in [5.41, 5.74) is 13.2. The van der Waals surface area contributed by atoms with Gasteiger partial charge in [0.15, 0.2) is 5.75 Å². The van der Waals surface area contributed by atoms with Crippen molar-refractivity contribution in [1.82, 2.24) is 0 Å². The Labute approximate surface area is 135 Å². The van der Waals surface area contributed by atoms with Gasteiger partial charge in [0.05, 0.1) is 20.9 Å². The molecular formula is C15H12IN3O2. The van der Waals surface area contributed by atoms with Crippen molar-refractivity contribution in [3.05, 3.63) is 56.7 Å². The number of halogens is 1. The number of amides is 1. The molecule has 0 aliphatic carbocycles. The number of anilines is 1. The molecule has 0 bridgehead atoms. The zero-order chi connectivity index (χ0) is 15.4. The first-order chi connectivity index (χ1) is 10.0. The highest BCUT2D eigenvalue weighted by molar-refractivity contribution is 14.1. The molecule has 2 rings (SSSR count). The predicted octanol–water partition coefficient (Wildman–Crippen LogP) is 2.42. The molecule has 0 spiro atoms. The predicted molar refractivity (Wildman–Crippen MR) is 87.6 cm³/mol. The van der Waals surface area contributed by atoms with Crippen LogP contribution in [0.4, 0.5) is 5.69 Å². The molecule has 0 unspecified atom stereocenters. The van der Waals surface area contributed by atoms with E-state index in [1.165, 1.54) is 0 Å². The minimum Gasteiger partial charge on any atom is -0.486 e. The van der Waals surface area contributed by atoms with Gasteiger partial charge in [-0.2, -0.15) is 5.26 Å². The van der Waals surface area contributed by atoms with Crippen LogP contribution in [0, 0.1) is 14.9 Å². The van der Waals surface area contributed by atoms with Crippen molar-refractivity contribution in [2.75, 3.05) is 5.73 Å². The fourth-order valence-corrected chi connectivity index (χ4v) is 2.67. The van der Waals surface area contributed by atoms with Crippen molar-refractivity contribution in [1.29, 1.82) is 5.26 Å². The molecule has 2 aromatic carbocycles. The van der Waals surface area contributed by atoms with Gasteiger partial charge in [-0.15, -0.1) is 0 Å². The van der Waals surface area contributed by atoms with Crippen LogP contribution in [0.2, 0.25) is 0 Å². The maximum atomic E-state index is 11.4. The summed E-state index contributed by atoms with van der Waals surface area (Å²) in [4.78, 5) is 11.4. The maximum Gasteiger partial charge on any atom is 0.249 e. The third kappa shape index (κ3) is 3.44. The van der Waals surface area contributed by atoms with E-state index in [-0.39, 0.29) is 6.61 Å². The Morgan fingerprint density at radius 3 is 2.67 bits per heavy atom. The molecule has 106 valence electrons. The van der Waals surface area contributed by atoms with Gasteiger partial charge in [0.1, 0.15) is 6.61 Å². The van der Waals surface area contributed by atoms with Gasteiger partial charge in [-0.05, 0) is 40.8 Å². The van der Waals surface area contributed by atoms with Crippen LogP contribution < -0.4 is 16.2 Å². The van der Waals surface area contributed by atoms with E-state index in [1.54, 1.807) is 36.4 Å². The highest BCUT2D eigenvalue weighted by Crippen LogP contribution is 2.30. The molecule has 21 heavy (non-hydrogen) atoms. The second-order valence-corrected chi connectivity index (χ2v) is 5.46. The summed E-state index contributed by atoms with van der Waals surface area (Å²) >= 11 is 2.05. The summed E-state index contributed by atoms with van der Waals surface area (Å²) in [6.45, 7) is 0.172. The lowest BCUT2D eigenvalue weighted by Crippen LogP contribution is -2.14. The molecule has 5 nitrogen and oxygen atoms in total. The normalized spacial score (nSPS) is 9.90. The van der Waals surface area contributed by atoms with Crippen LogP contribution in [0.1, 0.15) is 21.5 Å². The number of nitrogens with zero attached hydrogens (tertiary/aromatic N) is 1. The Morgan fingerprint density at radius 2 is 2.05 bits per heavy atom. The van der Waals surface area contributed by atoms with Crippen molar-refractivity contribution in [3.8, 4) is 11.8 Å². The molecule has 0 aliphatic heterocycles. The number of nitrogen functional groups attached to an aromatic ring is 1. The Hall–Kier alpha value is -2.27. The van der Waals surface area contributed by atoms with E-state index in [9.17, 15) is 4.79 Å². The van der Waals surface area contributed by atoms with Crippen LogP contribution >= 0.6 is 22.6 Å². The molecule has 0 saturated heterocycles. The van der Waals surface area contributed by atoms with Crippen molar-refractivity contribution >= 4 is 34.2 Å². The van der Waals surface area contributed by atoms with E-state index in [4.69, 9.17) is 21.5 Å². The SMILES string of the molecule is N#Cc1cc(N)c(OCc2ccccc2C(N)=O)c(I)c1. The van der Waals surface area contributed by atoms with Crippen molar-refractivity contribution in [3.63, 3.8) is 0 Å². The second-order valence-electron chi connectivity index (χ2n) is 4.30. The lowest BCUT2D eigenvalue weighted by Gasteiger charge is -2.13. The number of nitrogens with two attached hydrogens (primary N) is 2. The highest BCUT2D eigenvalue weighted by Gasteiger charge is 2.11. The van der Waals surface area contributed by atoms with E-state index >= 15 is 0 Å². The van der Waals surface area contributed by atoms with Crippen LogP contribution in [0.5, 0.6) is 5.75 Å². The van der Waals surface area contributed by atoms with Crippen LogP contribution in [0.25, 0.3) is 0 Å². The third-order valence-electron chi connectivity index (χ3n) is 2.86. The molecule has 0 fully saturated rings. The molecule has 0 radical (unpaired) electrons. The second kappa shape index (κ2) is 6.45. The summed E-state index contributed by atoms with van der Waals surface area (Å²) in [6, 6.07) is 12.2. The number of primary amides is 1. The molecule has 0 aromatic heterocycles. The molecule has 0 atom stereocenters. The van der Waals surface area contributed by atoms with Crippen LogP contribution in [0.15, 0.2) is 36.4 Å². The van der Waals surface area contributed by atoms with Gasteiger partial charge >= 0.3 is 0 Å². The molecule has 4 N–H and O–H groups in total. The number of nitriles is 1. The number of carbonyl (C=O) groups is 1. The van der Waals surface area contributed by atoms with Gasteiger partial charge in [-0.1, -0.05) is 18.2 Å². The minimum atomic E-state index is -0.503. The number of rotatable bonds is 4. The summed E-state index contributed by atoms with van der Waals surface area (Å²) < 4.78 is 6.43. The van der Waals surface area contributed by atoms with Crippen LogP contribution in [-0.2, 0) is 6.61 Å². The Morgan fingerprint density at radius 1 is 1.33 bits per heavy atom. The number of ether oxygens (including phenoxy) is 1. The lowest BCUT2D eigenvalue weighted by molar-refractivity contribution is 0.0998. The Bertz CT molecular complexity index is 715. The van der Waals surface area contributed by atoms with Crippen molar-refractivity contribution in [2.45, 2.75) is 6.61 Å². The standard InChI is InChI=1S/C15H12IN3O2/c16-12-5-9(7-17)6-13(18)14(12)21-8-10-3-1-2-4-11(10)15(19)20/h1-6H,8,18H2,(H2,19,20). The van der Waals surface area contributed by atoms with Gasteiger partial charge in [-0.25, -0.2) is 0 Å². The fraction of sp³-hybridized carbons (Fsp3) is 0.0667. The first-order valence-corrected chi connectivity index (χ1v) is 7.10. The summed E-state index contributed by atoms with van der Waals surface area (Å²) in [7, 11) is 0. The van der Waals surface area contributed by atoms with Gasteiger partial charge in [0.2, 0.25) is 5.91 Å². The maximum absolute atomic E-state index is 11.4. The summed E-state index contributed by atoms with van der Waals surface area (Å²) in [5, 5.41) is 8.88. The van der Waals surface area contributed by atoms with Crippen LogP contribution in [0.3, 0.4) is 0 Å². The van der Waals surface area contributed by atoms with E-state index in [0.29, 0.717) is 28.1 Å². The number of benzene rings is 2. The molecule has 6 heteroatoms. The van der Waals surface area contributed by atoms with Gasteiger partial charge in [0, 0.05) is 11.1 Å². The summed E-state index contributed by atoms with van der Waals surface area (Å²) in [5.74, 6) is -0.00873. The highest BCUT2D eigenvalue weighted by atomic mass is 127. The van der Waals surface area contributed by atoms with Gasteiger partial charge in [0.25, 0.3) is 0 Å². The molecule has 1 amide bonds. The molecule has 0 saturated carbocycles. The smallest absolute Gasteiger partial charge is 0.249 e. The van der Waals surface area contributed by atoms with E-state index in [2.05, 4.69) is 22.6 Å². The van der Waals surface area contributed by atoms with E-state index in [1.807, 2.05) is 6.07 Å². The first-order valence-electron chi connectivity index (χ1n) is 6.02. The minimum absolute atomic E-state index is 0.172. The number of carbonyl (C=O) groups excluding carboxylic acids is 1. The van der Waals surface area contributed by atoms with Gasteiger partial charge in [-0.3, -0.25) is 4.79 Å². The lowest BCUT2D eigenvalue weighted by atomic mass is 10.1. The van der Waals surface area contributed by atoms with Crippen molar-refractivity contribution < 1.29 is 9.53 Å². The average Bonchev–Trinajstić information content (AvgIpc) is 2.46. The molecular weight excluding hydrogens is 381 g/mol. The third-order valence-corrected chi connectivity index (χ3v) is 3.66. The zero-order valence-corrected chi connectivity index (χ0v) is 13.1. The van der Waals surface area contributed by atoms with Gasteiger partial charge < -0.3 is 16.2 Å². The Kier molecular flexibility index (Phi) is 4.65. The topological polar surface area (TPSA) is 102 Å². The number of hydrogen-bond acceptors (Lipinski definition) is 4. The quantitative estimate of drug-likeness (QED) is 0.615. The van der Waals surface area contributed by atoms with E-state index < -0.39 is 5.91 Å². The van der Waals surface area contributed by atoms with E-state index in [0.717, 1.165) is 3.57 Å². The monoisotopic (exact) mass is 393 g/mol. The molecule has 0 aliphatic rings. The zero-order valence-electron chi connectivity index (χ0n) is 11.0. The number of hydrogen-bond donors (Lipinski definition) is 2. The molecule has 0 heterocycles. The molecule has 2 aromatic rings. The first kappa shape index (κ1) is 15.1. The summed E-state index contributed by atoms with van der Waals surface area (Å²) in [6.07, 6.45) is 0. The largest absolute Gasteiger partial charge is 0.486 e.